The Labute approximate surface area is 235 Å². The first kappa shape index (κ1) is 30.6. The Balaban J connectivity index is 1.79. The monoisotopic (exact) mass is 552 g/mol. The molecular formula is C30H40N4O6. The predicted molar refractivity (Wildman–Crippen MR) is 151 cm³/mol. The minimum Gasteiger partial charge on any atom is -0.508 e. The lowest BCUT2D eigenvalue weighted by molar-refractivity contribution is -0.144. The van der Waals surface area contributed by atoms with Gasteiger partial charge in [-0.2, -0.15) is 0 Å². The summed E-state index contributed by atoms with van der Waals surface area (Å²) in [5.74, 6) is -2.31. The minimum atomic E-state index is -1.25. The first-order chi connectivity index (χ1) is 19.0. The number of aliphatic carboxylic acids is 1. The number of likely N-dealkylation sites (tertiary alicyclic amines) is 1. The molecule has 0 aliphatic carbocycles. The van der Waals surface area contributed by atoms with Gasteiger partial charge in [0, 0.05) is 19.4 Å². The number of nitrogens with zero attached hydrogens (tertiary/aromatic N) is 2. The quantitative estimate of drug-likeness (QED) is 0.315. The molecule has 1 saturated heterocycles. The number of likely N-dealkylation sites (N-methyl/N-ethyl adjacent to an activating group) is 1. The lowest BCUT2D eigenvalue weighted by Crippen LogP contribution is -2.58. The van der Waals surface area contributed by atoms with E-state index in [1.165, 1.54) is 12.1 Å². The summed E-state index contributed by atoms with van der Waals surface area (Å²) in [6, 6.07) is 11.8. The van der Waals surface area contributed by atoms with Gasteiger partial charge in [0.1, 0.15) is 23.9 Å². The number of benzene rings is 2. The Kier molecular flexibility index (Phi) is 10.7. The number of carboxylic acids is 1. The summed E-state index contributed by atoms with van der Waals surface area (Å²) < 4.78 is 0. The number of carbonyl (C=O) groups excluding carboxylic acids is 3. The van der Waals surface area contributed by atoms with Crippen molar-refractivity contribution in [1.82, 2.24) is 20.4 Å². The fraction of sp³-hybridized carbons (Fsp3) is 0.467. The summed E-state index contributed by atoms with van der Waals surface area (Å²) in [5.41, 5.74) is 1.41. The highest BCUT2D eigenvalue weighted by Gasteiger charge is 2.40. The Morgan fingerprint density at radius 2 is 1.52 bits per heavy atom. The normalized spacial score (nSPS) is 17.4. The van der Waals surface area contributed by atoms with Crippen molar-refractivity contribution >= 4 is 23.7 Å². The largest absolute Gasteiger partial charge is 0.508 e. The van der Waals surface area contributed by atoms with E-state index >= 15 is 0 Å². The van der Waals surface area contributed by atoms with Crippen LogP contribution >= 0.6 is 0 Å². The molecule has 1 heterocycles. The zero-order chi connectivity index (χ0) is 29.4. The number of nitrogens with one attached hydrogen (secondary N) is 2. The van der Waals surface area contributed by atoms with Crippen LogP contribution in [0.15, 0.2) is 54.6 Å². The lowest BCUT2D eigenvalue weighted by atomic mass is 10.0. The highest BCUT2D eigenvalue weighted by atomic mass is 16.4. The van der Waals surface area contributed by atoms with E-state index in [-0.39, 0.29) is 36.5 Å². The first-order valence-corrected chi connectivity index (χ1v) is 13.6. The number of aromatic hydroxyl groups is 1. The van der Waals surface area contributed by atoms with Crippen molar-refractivity contribution in [2.45, 2.75) is 63.7 Å². The molecule has 1 fully saturated rings. The number of hydrogen-bond donors (Lipinski definition) is 4. The molecule has 0 radical (unpaired) electrons. The van der Waals surface area contributed by atoms with Crippen molar-refractivity contribution in [3.05, 3.63) is 65.7 Å². The molecule has 10 nitrogen and oxygen atoms in total. The SMILES string of the molecule is CC(C)[C@@H](C(=O)N1CCC[C@H]1C(=O)N[C@@H](Cc1ccccc1)C(=O)N[C@@H](Cc1ccc(O)cc1)C(=O)O)N(C)C. The van der Waals surface area contributed by atoms with Crippen molar-refractivity contribution < 1.29 is 29.4 Å². The first-order valence-electron chi connectivity index (χ1n) is 13.6. The van der Waals surface area contributed by atoms with Gasteiger partial charge in [0.25, 0.3) is 0 Å². The minimum absolute atomic E-state index is 0.000608. The summed E-state index contributed by atoms with van der Waals surface area (Å²) in [4.78, 5) is 55.9. The van der Waals surface area contributed by atoms with Crippen LogP contribution in [0.4, 0.5) is 0 Å². The molecule has 0 aromatic heterocycles. The van der Waals surface area contributed by atoms with Gasteiger partial charge in [-0.05, 0) is 56.1 Å². The van der Waals surface area contributed by atoms with Crippen LogP contribution in [0.3, 0.4) is 0 Å². The number of carboxylic acid groups (broad SMARTS) is 1. The maximum atomic E-state index is 13.5. The molecule has 0 spiro atoms. The van der Waals surface area contributed by atoms with Crippen LogP contribution in [0.2, 0.25) is 0 Å². The third kappa shape index (κ3) is 8.05. The molecule has 0 saturated carbocycles. The molecule has 10 heteroatoms. The van der Waals surface area contributed by atoms with Gasteiger partial charge in [-0.1, -0.05) is 56.3 Å². The van der Waals surface area contributed by atoms with Crippen LogP contribution in [-0.4, -0.2) is 88.5 Å². The van der Waals surface area contributed by atoms with E-state index in [1.807, 2.05) is 63.2 Å². The Morgan fingerprint density at radius 1 is 0.925 bits per heavy atom. The molecular weight excluding hydrogens is 512 g/mol. The summed E-state index contributed by atoms with van der Waals surface area (Å²) in [6.45, 7) is 4.38. The molecule has 4 atom stereocenters. The molecule has 1 aliphatic rings. The third-order valence-corrected chi connectivity index (χ3v) is 7.19. The standard InChI is InChI=1S/C30H40N4O6/c1-19(2)26(33(3)4)29(38)34-16-8-11-25(34)28(37)31-23(17-20-9-6-5-7-10-20)27(36)32-24(30(39)40)18-21-12-14-22(35)15-13-21/h5-7,9-10,12-15,19,23-26,35H,8,11,16-18H2,1-4H3,(H,31,37)(H,32,36)(H,39,40)/t23-,24-,25-,26-/m0/s1. The molecule has 40 heavy (non-hydrogen) atoms. The van der Waals surface area contributed by atoms with Gasteiger partial charge < -0.3 is 25.7 Å². The van der Waals surface area contributed by atoms with Gasteiger partial charge in [-0.15, -0.1) is 0 Å². The zero-order valence-corrected chi connectivity index (χ0v) is 23.5. The Morgan fingerprint density at radius 3 is 2.10 bits per heavy atom. The van der Waals surface area contributed by atoms with Crippen LogP contribution in [0.25, 0.3) is 0 Å². The summed E-state index contributed by atoms with van der Waals surface area (Å²) in [5, 5.41) is 24.7. The number of carbonyl (C=O) groups is 4. The molecule has 3 amide bonds. The van der Waals surface area contributed by atoms with E-state index < -0.39 is 35.9 Å². The molecule has 3 rings (SSSR count). The summed E-state index contributed by atoms with van der Waals surface area (Å²) >= 11 is 0. The Bertz CT molecular complexity index is 1160. The summed E-state index contributed by atoms with van der Waals surface area (Å²) in [7, 11) is 3.68. The number of phenols is 1. The van der Waals surface area contributed by atoms with Crippen molar-refractivity contribution in [3.8, 4) is 5.75 Å². The van der Waals surface area contributed by atoms with E-state index in [4.69, 9.17) is 0 Å². The average Bonchev–Trinajstić information content (AvgIpc) is 3.39. The van der Waals surface area contributed by atoms with E-state index in [9.17, 15) is 29.4 Å². The highest BCUT2D eigenvalue weighted by Crippen LogP contribution is 2.22. The van der Waals surface area contributed by atoms with Crippen molar-refractivity contribution in [1.29, 1.82) is 0 Å². The van der Waals surface area contributed by atoms with E-state index in [2.05, 4.69) is 10.6 Å². The summed E-state index contributed by atoms with van der Waals surface area (Å²) in [6.07, 6.45) is 1.30. The number of hydrogen-bond acceptors (Lipinski definition) is 6. The molecule has 4 N–H and O–H groups in total. The fourth-order valence-electron chi connectivity index (χ4n) is 5.24. The molecule has 2 aromatic rings. The van der Waals surface area contributed by atoms with Crippen LogP contribution in [-0.2, 0) is 32.0 Å². The zero-order valence-electron chi connectivity index (χ0n) is 23.5. The molecule has 216 valence electrons. The highest BCUT2D eigenvalue weighted by molar-refractivity contribution is 5.94. The van der Waals surface area contributed by atoms with Gasteiger partial charge in [0.2, 0.25) is 17.7 Å². The lowest BCUT2D eigenvalue weighted by Gasteiger charge is -2.34. The van der Waals surface area contributed by atoms with E-state index in [1.54, 1.807) is 17.0 Å². The second kappa shape index (κ2) is 13.9. The predicted octanol–water partition coefficient (Wildman–Crippen LogP) is 1.81. The molecule has 0 unspecified atom stereocenters. The third-order valence-electron chi connectivity index (χ3n) is 7.19. The van der Waals surface area contributed by atoms with Gasteiger partial charge >= 0.3 is 5.97 Å². The second-order valence-corrected chi connectivity index (χ2v) is 10.9. The van der Waals surface area contributed by atoms with Crippen molar-refractivity contribution in [2.75, 3.05) is 20.6 Å². The topological polar surface area (TPSA) is 139 Å². The number of phenolic OH excluding ortho intramolecular Hbond substituents is 1. The second-order valence-electron chi connectivity index (χ2n) is 10.9. The molecule has 1 aliphatic heterocycles. The van der Waals surface area contributed by atoms with Crippen LogP contribution in [0.1, 0.15) is 37.8 Å². The van der Waals surface area contributed by atoms with Crippen molar-refractivity contribution in [3.63, 3.8) is 0 Å². The van der Waals surface area contributed by atoms with Crippen LogP contribution in [0, 0.1) is 5.92 Å². The fourth-order valence-corrected chi connectivity index (χ4v) is 5.24. The van der Waals surface area contributed by atoms with Gasteiger partial charge in [-0.25, -0.2) is 4.79 Å². The maximum Gasteiger partial charge on any atom is 0.326 e. The Hall–Kier alpha value is -3.92. The van der Waals surface area contributed by atoms with Crippen LogP contribution < -0.4 is 10.6 Å². The number of amides is 3. The average molecular weight is 553 g/mol. The van der Waals surface area contributed by atoms with E-state index in [0.717, 1.165) is 5.56 Å². The van der Waals surface area contributed by atoms with Gasteiger partial charge in [-0.3, -0.25) is 19.3 Å². The number of rotatable bonds is 12. The maximum absolute atomic E-state index is 13.5. The van der Waals surface area contributed by atoms with Gasteiger partial charge in [0.05, 0.1) is 6.04 Å². The van der Waals surface area contributed by atoms with Crippen molar-refractivity contribution in [2.24, 2.45) is 5.92 Å². The van der Waals surface area contributed by atoms with Gasteiger partial charge in [0.15, 0.2) is 0 Å². The van der Waals surface area contributed by atoms with Crippen LogP contribution in [0.5, 0.6) is 5.75 Å². The van der Waals surface area contributed by atoms with E-state index in [0.29, 0.717) is 24.9 Å². The molecule has 2 aromatic carbocycles. The smallest absolute Gasteiger partial charge is 0.326 e. The molecule has 0 bridgehead atoms.